The summed E-state index contributed by atoms with van der Waals surface area (Å²) in [5.74, 6) is 0.799. The number of nitrogens with one attached hydrogen (secondary N) is 1. The number of ether oxygens (including phenoxy) is 1. The summed E-state index contributed by atoms with van der Waals surface area (Å²) < 4.78 is 5.17. The average Bonchev–Trinajstić information content (AvgIpc) is 3.19. The molecule has 29 heavy (non-hydrogen) atoms. The lowest BCUT2D eigenvalue weighted by Gasteiger charge is -2.27. The summed E-state index contributed by atoms with van der Waals surface area (Å²) in [5, 5.41) is 2.94. The predicted molar refractivity (Wildman–Crippen MR) is 114 cm³/mol. The van der Waals surface area contributed by atoms with E-state index in [-0.39, 0.29) is 18.0 Å². The van der Waals surface area contributed by atoms with Gasteiger partial charge in [0.05, 0.1) is 11.6 Å². The molecule has 3 heterocycles. The Hall–Kier alpha value is -3.09. The van der Waals surface area contributed by atoms with Crippen molar-refractivity contribution in [3.8, 4) is 0 Å². The van der Waals surface area contributed by atoms with E-state index in [2.05, 4.69) is 20.2 Å². The van der Waals surface area contributed by atoms with Crippen LogP contribution in [0, 0.1) is 0 Å². The van der Waals surface area contributed by atoms with Crippen molar-refractivity contribution in [2.45, 2.75) is 38.1 Å². The molecule has 1 fully saturated rings. The van der Waals surface area contributed by atoms with Gasteiger partial charge in [0.25, 0.3) is 11.9 Å². The zero-order valence-electron chi connectivity index (χ0n) is 16.5. The van der Waals surface area contributed by atoms with E-state index < -0.39 is 0 Å². The fourth-order valence-corrected chi connectivity index (χ4v) is 3.71. The number of rotatable bonds is 6. The highest BCUT2D eigenvalue weighted by Crippen LogP contribution is 2.19. The van der Waals surface area contributed by atoms with Crippen molar-refractivity contribution in [2.75, 3.05) is 29.9 Å². The van der Waals surface area contributed by atoms with Gasteiger partial charge < -0.3 is 20.7 Å². The van der Waals surface area contributed by atoms with Gasteiger partial charge in [-0.2, -0.15) is 0 Å². The van der Waals surface area contributed by atoms with Crippen molar-refractivity contribution in [2.24, 2.45) is 10.7 Å². The van der Waals surface area contributed by atoms with Gasteiger partial charge >= 0.3 is 0 Å². The predicted octanol–water partition coefficient (Wildman–Crippen LogP) is 2.97. The van der Waals surface area contributed by atoms with Gasteiger partial charge in [-0.25, -0.2) is 9.98 Å². The molecule has 7 nitrogen and oxygen atoms in total. The molecule has 1 aromatic carbocycles. The summed E-state index contributed by atoms with van der Waals surface area (Å²) in [5.41, 5.74) is 8.06. The molecule has 152 valence electrons. The van der Waals surface area contributed by atoms with Crippen LogP contribution in [-0.2, 0) is 11.2 Å². The lowest BCUT2D eigenvalue weighted by Crippen LogP contribution is -2.30. The lowest BCUT2D eigenvalue weighted by atomic mass is 10.1. The molecule has 0 unspecified atom stereocenters. The molecule has 0 bridgehead atoms. The molecule has 7 heteroatoms. The second kappa shape index (κ2) is 8.94. The number of aromatic nitrogens is 1. The smallest absolute Gasteiger partial charge is 0.282 e. The lowest BCUT2D eigenvalue weighted by molar-refractivity contribution is 0.102. The number of hydrogen-bond donors (Lipinski definition) is 2. The van der Waals surface area contributed by atoms with Crippen LogP contribution >= 0.6 is 0 Å². The first-order valence-corrected chi connectivity index (χ1v) is 10.2. The van der Waals surface area contributed by atoms with Gasteiger partial charge in [0.2, 0.25) is 0 Å². The zero-order valence-corrected chi connectivity index (χ0v) is 16.5. The standard InChI is InChI=1S/C22H27N5O2/c23-22-26-19(15-29-22)10-6-16-4-8-18(9-5-16)25-21(28)17-7-11-20(24-14-17)27-12-2-1-3-13-27/h4-5,7-9,11,14,19H,1-3,6,10,12-13,15H2,(H2,23,26)(H,25,28)/t19-/m0/s1. The van der Waals surface area contributed by atoms with Gasteiger partial charge in [-0.1, -0.05) is 12.1 Å². The van der Waals surface area contributed by atoms with Gasteiger partial charge in [-0.3, -0.25) is 4.79 Å². The van der Waals surface area contributed by atoms with Crippen LogP contribution in [0.3, 0.4) is 0 Å². The highest BCUT2D eigenvalue weighted by atomic mass is 16.5. The Kier molecular flexibility index (Phi) is 5.93. The van der Waals surface area contributed by atoms with Crippen molar-refractivity contribution in [3.63, 3.8) is 0 Å². The largest absolute Gasteiger partial charge is 0.463 e. The molecule has 1 saturated heterocycles. The number of amides is 1. The van der Waals surface area contributed by atoms with Crippen LogP contribution in [-0.4, -0.2) is 42.7 Å². The maximum Gasteiger partial charge on any atom is 0.282 e. The molecule has 0 spiro atoms. The fourth-order valence-electron chi connectivity index (χ4n) is 3.71. The Morgan fingerprint density at radius 2 is 1.93 bits per heavy atom. The summed E-state index contributed by atoms with van der Waals surface area (Å²) in [6.45, 7) is 2.64. The van der Waals surface area contributed by atoms with Crippen LogP contribution in [0.1, 0.15) is 41.6 Å². The minimum Gasteiger partial charge on any atom is -0.463 e. The molecule has 1 atom stereocenters. The first-order valence-electron chi connectivity index (χ1n) is 10.2. The van der Waals surface area contributed by atoms with Gasteiger partial charge in [0.1, 0.15) is 12.4 Å². The average molecular weight is 393 g/mol. The van der Waals surface area contributed by atoms with Crippen molar-refractivity contribution >= 4 is 23.4 Å². The van der Waals surface area contributed by atoms with E-state index in [0.717, 1.165) is 37.4 Å². The molecule has 0 aliphatic carbocycles. The molecule has 2 aliphatic rings. The van der Waals surface area contributed by atoms with Crippen molar-refractivity contribution in [1.82, 2.24) is 4.98 Å². The molecule has 0 radical (unpaired) electrons. The second-order valence-electron chi connectivity index (χ2n) is 7.57. The third-order valence-corrected chi connectivity index (χ3v) is 5.40. The van der Waals surface area contributed by atoms with Crippen molar-refractivity contribution < 1.29 is 9.53 Å². The van der Waals surface area contributed by atoms with E-state index in [9.17, 15) is 4.79 Å². The number of anilines is 2. The Morgan fingerprint density at radius 3 is 2.59 bits per heavy atom. The molecule has 4 rings (SSSR count). The number of aliphatic imine (C=N–C) groups is 1. The summed E-state index contributed by atoms with van der Waals surface area (Å²) in [4.78, 5) is 23.5. The monoisotopic (exact) mass is 393 g/mol. The van der Waals surface area contributed by atoms with Crippen LogP contribution in [0.4, 0.5) is 11.5 Å². The topological polar surface area (TPSA) is 92.8 Å². The van der Waals surface area contributed by atoms with Crippen LogP contribution in [0.2, 0.25) is 0 Å². The van der Waals surface area contributed by atoms with E-state index in [1.165, 1.54) is 24.8 Å². The number of benzene rings is 1. The zero-order chi connectivity index (χ0) is 20.1. The van der Waals surface area contributed by atoms with Gasteiger partial charge in [0.15, 0.2) is 0 Å². The summed E-state index contributed by atoms with van der Waals surface area (Å²) in [7, 11) is 0. The molecule has 1 aromatic heterocycles. The van der Waals surface area contributed by atoms with Gasteiger partial charge in [0, 0.05) is 25.0 Å². The van der Waals surface area contributed by atoms with Crippen LogP contribution < -0.4 is 16.0 Å². The van der Waals surface area contributed by atoms with E-state index in [4.69, 9.17) is 10.5 Å². The van der Waals surface area contributed by atoms with Crippen molar-refractivity contribution in [3.05, 3.63) is 53.7 Å². The molecule has 2 aliphatic heterocycles. The number of hydrogen-bond acceptors (Lipinski definition) is 6. The van der Waals surface area contributed by atoms with E-state index in [1.54, 1.807) is 6.20 Å². The summed E-state index contributed by atoms with van der Waals surface area (Å²) >= 11 is 0. The van der Waals surface area contributed by atoms with Gasteiger partial charge in [-0.05, 0) is 61.9 Å². The third kappa shape index (κ3) is 5.04. The minimum absolute atomic E-state index is 0.134. The number of aryl methyl sites for hydroxylation is 1. The Morgan fingerprint density at radius 1 is 1.14 bits per heavy atom. The minimum atomic E-state index is -0.150. The maximum absolute atomic E-state index is 12.5. The SMILES string of the molecule is NC1=N[C@@H](CCc2ccc(NC(=O)c3ccc(N4CCCCC4)nc3)cc2)CO1. The molecular weight excluding hydrogens is 366 g/mol. The maximum atomic E-state index is 12.5. The van der Waals surface area contributed by atoms with Crippen molar-refractivity contribution in [1.29, 1.82) is 0 Å². The normalized spacial score (nSPS) is 18.8. The molecule has 2 aromatic rings. The highest BCUT2D eigenvalue weighted by Gasteiger charge is 2.16. The molecule has 0 saturated carbocycles. The quantitative estimate of drug-likeness (QED) is 0.787. The third-order valence-electron chi connectivity index (χ3n) is 5.40. The first kappa shape index (κ1) is 19.2. The van der Waals surface area contributed by atoms with E-state index in [0.29, 0.717) is 12.2 Å². The number of carbonyl (C=O) groups is 1. The van der Waals surface area contributed by atoms with E-state index in [1.807, 2.05) is 36.4 Å². The van der Waals surface area contributed by atoms with Crippen LogP contribution in [0.15, 0.2) is 47.6 Å². The fraction of sp³-hybridized carbons (Fsp3) is 0.409. The number of pyridine rings is 1. The molecule has 3 N–H and O–H groups in total. The van der Waals surface area contributed by atoms with Crippen LogP contribution in [0.5, 0.6) is 0 Å². The number of carbonyl (C=O) groups excluding carboxylic acids is 1. The molecular formula is C22H27N5O2. The summed E-state index contributed by atoms with van der Waals surface area (Å²) in [6.07, 6.45) is 7.13. The Bertz CT molecular complexity index is 858. The van der Waals surface area contributed by atoms with Gasteiger partial charge in [-0.15, -0.1) is 0 Å². The Balaban J connectivity index is 1.29. The number of nitrogens with two attached hydrogens (primary N) is 1. The summed E-state index contributed by atoms with van der Waals surface area (Å²) in [6, 6.07) is 12.1. The highest BCUT2D eigenvalue weighted by molar-refractivity contribution is 6.04. The molecule has 1 amide bonds. The second-order valence-corrected chi connectivity index (χ2v) is 7.57. The number of nitrogens with zero attached hydrogens (tertiary/aromatic N) is 3. The number of amidine groups is 1. The number of piperidine rings is 1. The Labute approximate surface area is 171 Å². The van der Waals surface area contributed by atoms with Crippen LogP contribution in [0.25, 0.3) is 0 Å². The van der Waals surface area contributed by atoms with E-state index >= 15 is 0 Å². The first-order chi connectivity index (χ1) is 14.2.